The largest absolute Gasteiger partial charge is 0.494 e. The smallest absolute Gasteiger partial charge is 0.146 e. The van der Waals surface area contributed by atoms with Gasteiger partial charge in [-0.3, -0.25) is 0 Å². The van der Waals surface area contributed by atoms with Crippen LogP contribution in [0.3, 0.4) is 0 Å². The van der Waals surface area contributed by atoms with Gasteiger partial charge in [0.05, 0.1) is 19.8 Å². The molecule has 0 radical (unpaired) electrons. The lowest BCUT2D eigenvalue weighted by Crippen LogP contribution is -2.43. The Kier molecular flexibility index (Phi) is 7.63. The number of nitrogens with zero attached hydrogens (tertiary/aromatic N) is 1. The third-order valence-corrected chi connectivity index (χ3v) is 8.10. The lowest BCUT2D eigenvalue weighted by Gasteiger charge is -2.40. The number of aliphatic hydroxyl groups is 1. The first kappa shape index (κ1) is 24.8. The van der Waals surface area contributed by atoms with E-state index in [1.807, 2.05) is 12.1 Å². The van der Waals surface area contributed by atoms with Crippen molar-refractivity contribution in [2.24, 2.45) is 11.8 Å². The topological polar surface area (TPSA) is 79.4 Å². The summed E-state index contributed by atoms with van der Waals surface area (Å²) in [6.45, 7) is 1.80. The van der Waals surface area contributed by atoms with Gasteiger partial charge in [-0.1, -0.05) is 42.8 Å². The Morgan fingerprint density at radius 3 is 2.64 bits per heavy atom. The number of ether oxygens (including phenoxy) is 2. The van der Waals surface area contributed by atoms with Gasteiger partial charge in [0.15, 0.2) is 0 Å². The summed E-state index contributed by atoms with van der Waals surface area (Å²) in [7, 11) is 3.33. The molecule has 0 saturated heterocycles. The van der Waals surface area contributed by atoms with Gasteiger partial charge in [0, 0.05) is 12.3 Å². The molecule has 3 atom stereocenters. The average molecular weight is 490 g/mol. The molecule has 1 heterocycles. The van der Waals surface area contributed by atoms with E-state index in [-0.39, 0.29) is 5.92 Å². The van der Waals surface area contributed by atoms with Crippen molar-refractivity contribution in [1.82, 2.24) is 15.3 Å². The summed E-state index contributed by atoms with van der Waals surface area (Å²) in [4.78, 5) is 8.14. The normalized spacial score (nSPS) is 23.5. The average Bonchev–Trinajstić information content (AvgIpc) is 3.13. The molecule has 36 heavy (non-hydrogen) atoms. The van der Waals surface area contributed by atoms with Crippen molar-refractivity contribution >= 4 is 16.6 Å². The zero-order chi connectivity index (χ0) is 25.0. The Labute approximate surface area is 214 Å². The number of nitrogens with one attached hydrogen (secondary N) is 2. The van der Waals surface area contributed by atoms with E-state index in [4.69, 9.17) is 14.5 Å². The van der Waals surface area contributed by atoms with Crippen LogP contribution in [-0.2, 0) is 6.42 Å². The fourth-order valence-corrected chi connectivity index (χ4v) is 6.16. The number of unbranched alkanes of at least 4 members (excludes halogenated alkanes) is 1. The zero-order valence-electron chi connectivity index (χ0n) is 21.6. The van der Waals surface area contributed by atoms with E-state index < -0.39 is 5.60 Å². The first-order valence-corrected chi connectivity index (χ1v) is 13.4. The van der Waals surface area contributed by atoms with E-state index >= 15 is 0 Å². The summed E-state index contributed by atoms with van der Waals surface area (Å²) >= 11 is 0. The van der Waals surface area contributed by atoms with Crippen molar-refractivity contribution < 1.29 is 14.6 Å². The van der Waals surface area contributed by atoms with Crippen LogP contribution in [0.2, 0.25) is 0 Å². The Bertz CT molecular complexity index is 1150. The number of methoxy groups -OCH3 is 2. The van der Waals surface area contributed by atoms with Crippen LogP contribution in [0.15, 0.2) is 48.5 Å². The Hall–Kier alpha value is -2.83. The molecular formula is C30H39N3O3. The fourth-order valence-electron chi connectivity index (χ4n) is 6.16. The molecule has 2 bridgehead atoms. The molecule has 0 aliphatic heterocycles. The number of aryl methyl sites for hydroxylation is 1. The van der Waals surface area contributed by atoms with Gasteiger partial charge in [0.2, 0.25) is 0 Å². The summed E-state index contributed by atoms with van der Waals surface area (Å²) in [6.07, 6.45) is 10.6. The second-order valence-electron chi connectivity index (χ2n) is 10.4. The maximum atomic E-state index is 11.6. The van der Waals surface area contributed by atoms with Crippen molar-refractivity contribution in [3.05, 3.63) is 59.9 Å². The van der Waals surface area contributed by atoms with Crippen LogP contribution in [0.4, 0.5) is 0 Å². The minimum atomic E-state index is -0.584. The van der Waals surface area contributed by atoms with Crippen molar-refractivity contribution in [3.63, 3.8) is 0 Å². The molecule has 0 unspecified atom stereocenters. The summed E-state index contributed by atoms with van der Waals surface area (Å²) in [5, 5.41) is 15.2. The summed E-state index contributed by atoms with van der Waals surface area (Å²) < 4.78 is 10.9. The van der Waals surface area contributed by atoms with E-state index in [0.29, 0.717) is 5.92 Å². The molecular weight excluding hydrogens is 450 g/mol. The van der Waals surface area contributed by atoms with Crippen LogP contribution in [0, 0.1) is 11.8 Å². The summed E-state index contributed by atoms with van der Waals surface area (Å²) in [5.74, 6) is 3.22. The zero-order valence-corrected chi connectivity index (χ0v) is 21.6. The number of hydrogen-bond acceptors (Lipinski definition) is 5. The molecule has 192 valence electrons. The Morgan fingerprint density at radius 2 is 1.83 bits per heavy atom. The number of hydrogen-bond donors (Lipinski definition) is 3. The van der Waals surface area contributed by atoms with Gasteiger partial charge in [-0.15, -0.1) is 0 Å². The number of aromatic nitrogens is 2. The first-order chi connectivity index (χ1) is 17.6. The number of aromatic amines is 1. The van der Waals surface area contributed by atoms with Crippen LogP contribution in [0.5, 0.6) is 11.5 Å². The SMILES string of the molecule is COc1ccc(OC)c2[nH]c(CCCCNCC[C@]3(O)C[C@H]4CCC[C@@H]3C=C4c3ccccc3)nc12. The van der Waals surface area contributed by atoms with E-state index in [1.54, 1.807) is 14.2 Å². The highest BCUT2D eigenvalue weighted by Gasteiger charge is 2.43. The van der Waals surface area contributed by atoms with Crippen molar-refractivity contribution in [2.75, 3.05) is 27.3 Å². The van der Waals surface area contributed by atoms with E-state index in [0.717, 1.165) is 80.0 Å². The molecule has 0 spiro atoms. The Morgan fingerprint density at radius 1 is 1.03 bits per heavy atom. The molecule has 3 aromatic rings. The van der Waals surface area contributed by atoms with Crippen molar-refractivity contribution in [1.29, 1.82) is 0 Å². The first-order valence-electron chi connectivity index (χ1n) is 13.4. The number of allylic oxidation sites excluding steroid dienone is 1. The number of benzene rings is 2. The maximum Gasteiger partial charge on any atom is 0.146 e. The van der Waals surface area contributed by atoms with Crippen LogP contribution in [0.25, 0.3) is 16.6 Å². The summed E-state index contributed by atoms with van der Waals surface area (Å²) in [6, 6.07) is 14.5. The maximum absolute atomic E-state index is 11.6. The van der Waals surface area contributed by atoms with Gasteiger partial charge >= 0.3 is 0 Å². The molecule has 6 heteroatoms. The minimum absolute atomic E-state index is 0.260. The predicted molar refractivity (Wildman–Crippen MR) is 144 cm³/mol. The number of fused-ring (bicyclic) bond motifs is 4. The highest BCUT2D eigenvalue weighted by atomic mass is 16.5. The van der Waals surface area contributed by atoms with Crippen molar-refractivity contribution in [2.45, 2.75) is 57.0 Å². The van der Waals surface area contributed by atoms with Crippen LogP contribution >= 0.6 is 0 Å². The highest BCUT2D eigenvalue weighted by Crippen LogP contribution is 2.49. The molecule has 3 aliphatic carbocycles. The molecule has 0 amide bonds. The molecule has 3 N–H and O–H groups in total. The van der Waals surface area contributed by atoms with E-state index in [9.17, 15) is 5.11 Å². The van der Waals surface area contributed by atoms with Crippen LogP contribution in [-0.4, -0.2) is 48.0 Å². The van der Waals surface area contributed by atoms with E-state index in [1.165, 1.54) is 24.0 Å². The van der Waals surface area contributed by atoms with Gasteiger partial charge in [0.1, 0.15) is 28.4 Å². The van der Waals surface area contributed by atoms with Crippen LogP contribution < -0.4 is 14.8 Å². The van der Waals surface area contributed by atoms with Gasteiger partial charge in [-0.25, -0.2) is 4.98 Å². The second-order valence-corrected chi connectivity index (χ2v) is 10.4. The third kappa shape index (κ3) is 5.16. The fraction of sp³-hybridized carbons (Fsp3) is 0.500. The molecule has 2 aromatic carbocycles. The predicted octanol–water partition coefficient (Wildman–Crippen LogP) is 5.52. The molecule has 6 nitrogen and oxygen atoms in total. The lowest BCUT2D eigenvalue weighted by atomic mass is 9.70. The monoisotopic (exact) mass is 489 g/mol. The lowest BCUT2D eigenvalue weighted by molar-refractivity contribution is -0.0238. The molecule has 1 aromatic heterocycles. The highest BCUT2D eigenvalue weighted by molar-refractivity contribution is 5.87. The van der Waals surface area contributed by atoms with Crippen molar-refractivity contribution in [3.8, 4) is 11.5 Å². The molecule has 6 rings (SSSR count). The minimum Gasteiger partial charge on any atom is -0.494 e. The number of imidazole rings is 1. The van der Waals surface area contributed by atoms with E-state index in [2.05, 4.69) is 46.7 Å². The molecule has 1 saturated carbocycles. The number of H-pyrrole nitrogens is 1. The third-order valence-electron chi connectivity index (χ3n) is 8.10. The second kappa shape index (κ2) is 11.1. The van der Waals surface area contributed by atoms with Gasteiger partial charge in [0.25, 0.3) is 0 Å². The summed E-state index contributed by atoms with van der Waals surface area (Å²) in [5.41, 5.74) is 3.91. The Balaban J connectivity index is 1.09. The van der Waals surface area contributed by atoms with Gasteiger partial charge < -0.3 is 24.9 Å². The van der Waals surface area contributed by atoms with Gasteiger partial charge in [-0.2, -0.15) is 0 Å². The standard InChI is InChI=1S/C30H39N3O3/c1-35-25-14-15-26(36-2)29-28(25)32-27(33-29)13-6-7-17-31-18-16-30(34)20-22-11-8-12-23(30)19-24(22)21-9-4-3-5-10-21/h3-5,9-10,14-15,19,22-23,31,34H,6-8,11-13,16-18,20H2,1-2H3,(H,32,33)/t22-,23-,30+/m1/s1. The number of rotatable bonds is 11. The molecule has 1 fully saturated rings. The quantitative estimate of drug-likeness (QED) is 0.309. The molecule has 3 aliphatic rings. The van der Waals surface area contributed by atoms with Crippen LogP contribution in [0.1, 0.15) is 56.3 Å². The van der Waals surface area contributed by atoms with Gasteiger partial charge in [-0.05, 0) is 80.8 Å².